The van der Waals surface area contributed by atoms with E-state index in [-0.39, 0.29) is 24.9 Å². The van der Waals surface area contributed by atoms with Gasteiger partial charge >= 0.3 is 0 Å². The summed E-state index contributed by atoms with van der Waals surface area (Å²) in [6.07, 6.45) is 0. The summed E-state index contributed by atoms with van der Waals surface area (Å²) in [7, 11) is 0. The number of rotatable bonds is 1. The van der Waals surface area contributed by atoms with Crippen molar-refractivity contribution in [2.45, 2.75) is 32.5 Å². The van der Waals surface area contributed by atoms with Crippen LogP contribution < -0.4 is 0 Å². The van der Waals surface area contributed by atoms with Crippen molar-refractivity contribution < 1.29 is 20.1 Å². The second-order valence-corrected chi connectivity index (χ2v) is 4.51. The minimum absolute atomic E-state index is 0. The van der Waals surface area contributed by atoms with Crippen molar-refractivity contribution in [2.24, 2.45) is 5.92 Å². The SMILES string of the molecule is CC1=C(C)C(C)C(C(Cl)Cl)=C1C.[Ir]. The van der Waals surface area contributed by atoms with Gasteiger partial charge in [0.05, 0.1) is 0 Å². The van der Waals surface area contributed by atoms with Crippen LogP contribution in [0.15, 0.2) is 22.3 Å². The zero-order valence-electron chi connectivity index (χ0n) is 8.24. The van der Waals surface area contributed by atoms with Gasteiger partial charge in [-0.05, 0) is 37.5 Å². The molecular weight excluding hydrogens is 383 g/mol. The Kier molecular flexibility index (Phi) is 5.25. The Morgan fingerprint density at radius 2 is 1.54 bits per heavy atom. The molecule has 0 aliphatic heterocycles. The van der Waals surface area contributed by atoms with Gasteiger partial charge in [0.2, 0.25) is 0 Å². The first kappa shape index (κ1) is 13.7. The molecule has 1 rings (SSSR count). The second-order valence-electron chi connectivity index (χ2n) is 3.41. The first-order valence-corrected chi connectivity index (χ1v) is 5.00. The Morgan fingerprint density at radius 1 is 1.08 bits per heavy atom. The maximum Gasteiger partial charge on any atom is 0.129 e. The largest absolute Gasteiger partial charge is 0.129 e. The summed E-state index contributed by atoms with van der Waals surface area (Å²) < 4.78 is 0. The summed E-state index contributed by atoms with van der Waals surface area (Å²) in [6, 6.07) is 0. The number of halogens is 2. The van der Waals surface area contributed by atoms with Crippen molar-refractivity contribution in [3.8, 4) is 0 Å². The third-order valence-electron chi connectivity index (χ3n) is 2.94. The molecule has 0 fully saturated rings. The average molecular weight is 397 g/mol. The van der Waals surface area contributed by atoms with Gasteiger partial charge in [-0.1, -0.05) is 12.5 Å². The monoisotopic (exact) mass is 397 g/mol. The first-order valence-electron chi connectivity index (χ1n) is 4.13. The first-order chi connectivity index (χ1) is 5.46. The number of hydrogen-bond donors (Lipinski definition) is 0. The topological polar surface area (TPSA) is 0 Å². The molecule has 1 radical (unpaired) electrons. The minimum atomic E-state index is -0.354. The maximum absolute atomic E-state index is 5.89. The molecule has 0 saturated carbocycles. The molecule has 0 saturated heterocycles. The van der Waals surface area contributed by atoms with E-state index in [1.807, 2.05) is 0 Å². The summed E-state index contributed by atoms with van der Waals surface area (Å²) in [4.78, 5) is -0.354. The van der Waals surface area contributed by atoms with E-state index in [1.165, 1.54) is 22.3 Å². The minimum Gasteiger partial charge on any atom is -0.100 e. The van der Waals surface area contributed by atoms with Crippen molar-refractivity contribution in [3.05, 3.63) is 22.3 Å². The Morgan fingerprint density at radius 3 is 1.69 bits per heavy atom. The smallest absolute Gasteiger partial charge is 0.100 e. The molecule has 0 bridgehead atoms. The summed E-state index contributed by atoms with van der Waals surface area (Å²) in [6.45, 7) is 8.52. The van der Waals surface area contributed by atoms with Gasteiger partial charge in [0.25, 0.3) is 0 Å². The Bertz CT molecular complexity index is 264. The van der Waals surface area contributed by atoms with Gasteiger partial charge in [0.15, 0.2) is 0 Å². The van der Waals surface area contributed by atoms with Crippen molar-refractivity contribution >= 4 is 23.2 Å². The summed E-state index contributed by atoms with van der Waals surface area (Å²) in [5, 5.41) is 0. The molecule has 77 valence electrons. The molecule has 0 nitrogen and oxygen atoms in total. The Balaban J connectivity index is 0.00000144. The van der Waals surface area contributed by atoms with Crippen molar-refractivity contribution in [3.63, 3.8) is 0 Å². The molecule has 0 N–H and O–H groups in total. The molecule has 1 unspecified atom stereocenters. The summed E-state index contributed by atoms with van der Waals surface area (Å²) in [5.74, 6) is 0.421. The van der Waals surface area contributed by atoms with Gasteiger partial charge in [0, 0.05) is 26.0 Å². The van der Waals surface area contributed by atoms with Crippen LogP contribution in [0, 0.1) is 5.92 Å². The van der Waals surface area contributed by atoms with Crippen LogP contribution in [0.2, 0.25) is 0 Å². The molecule has 0 amide bonds. The van der Waals surface area contributed by atoms with Crippen molar-refractivity contribution in [2.75, 3.05) is 0 Å². The molecule has 0 aromatic heterocycles. The van der Waals surface area contributed by atoms with Gasteiger partial charge < -0.3 is 0 Å². The molecular formula is C10H14Cl2Ir. The maximum atomic E-state index is 5.89. The molecule has 1 aliphatic carbocycles. The van der Waals surface area contributed by atoms with Crippen molar-refractivity contribution in [1.82, 2.24) is 0 Å². The Hall–Kier alpha value is 0.709. The van der Waals surface area contributed by atoms with E-state index in [0.29, 0.717) is 5.92 Å². The molecule has 0 aromatic rings. The van der Waals surface area contributed by atoms with Gasteiger partial charge in [-0.15, -0.1) is 23.2 Å². The van der Waals surface area contributed by atoms with Crippen LogP contribution in [0.1, 0.15) is 27.7 Å². The fourth-order valence-electron chi connectivity index (χ4n) is 1.75. The molecule has 3 heteroatoms. The predicted molar refractivity (Wildman–Crippen MR) is 55.7 cm³/mol. The predicted octanol–water partition coefficient (Wildman–Crippen LogP) is 4.09. The normalized spacial score (nSPS) is 22.8. The van der Waals surface area contributed by atoms with Crippen molar-refractivity contribution in [1.29, 1.82) is 0 Å². The Labute approximate surface area is 104 Å². The van der Waals surface area contributed by atoms with Crippen LogP contribution in [0.25, 0.3) is 0 Å². The second kappa shape index (κ2) is 4.98. The summed E-state index contributed by atoms with van der Waals surface area (Å²) >= 11 is 11.8. The van der Waals surface area contributed by atoms with E-state index < -0.39 is 0 Å². The average Bonchev–Trinajstić information content (AvgIpc) is 2.16. The van der Waals surface area contributed by atoms with Crippen LogP contribution in [0.5, 0.6) is 0 Å². The molecule has 1 aliphatic rings. The molecule has 1 atom stereocenters. The van der Waals surface area contributed by atoms with Crippen LogP contribution >= 0.6 is 23.2 Å². The van der Waals surface area contributed by atoms with Gasteiger partial charge in [-0.25, -0.2) is 0 Å². The van der Waals surface area contributed by atoms with E-state index in [4.69, 9.17) is 23.2 Å². The van der Waals surface area contributed by atoms with Gasteiger partial charge in [0.1, 0.15) is 4.84 Å². The van der Waals surface area contributed by atoms with E-state index in [9.17, 15) is 0 Å². The molecule has 0 spiro atoms. The fraction of sp³-hybridized carbons (Fsp3) is 0.600. The number of allylic oxidation sites excluding steroid dienone is 4. The van der Waals surface area contributed by atoms with Crippen LogP contribution in [-0.4, -0.2) is 4.84 Å². The third-order valence-corrected chi connectivity index (χ3v) is 3.41. The molecule has 13 heavy (non-hydrogen) atoms. The molecule has 0 aromatic carbocycles. The van der Waals surface area contributed by atoms with Crippen LogP contribution in [0.3, 0.4) is 0 Å². The number of hydrogen-bond acceptors (Lipinski definition) is 0. The van der Waals surface area contributed by atoms with E-state index in [0.717, 1.165) is 0 Å². The van der Waals surface area contributed by atoms with Crippen LogP contribution in [0.4, 0.5) is 0 Å². The number of alkyl halides is 2. The molecule has 0 heterocycles. The summed E-state index contributed by atoms with van der Waals surface area (Å²) in [5.41, 5.74) is 5.20. The quantitative estimate of drug-likeness (QED) is 0.585. The van der Waals surface area contributed by atoms with E-state index in [1.54, 1.807) is 0 Å². The van der Waals surface area contributed by atoms with Gasteiger partial charge in [-0.3, -0.25) is 0 Å². The van der Waals surface area contributed by atoms with E-state index in [2.05, 4.69) is 27.7 Å². The van der Waals surface area contributed by atoms with Crippen LogP contribution in [-0.2, 0) is 20.1 Å². The zero-order chi connectivity index (χ0) is 9.46. The zero-order valence-corrected chi connectivity index (χ0v) is 12.2. The van der Waals surface area contributed by atoms with Gasteiger partial charge in [-0.2, -0.15) is 0 Å². The standard InChI is InChI=1S/C10H14Cl2.Ir/c1-5-6(2)8(4)9(7(5)3)10(11)12;/h7,10H,1-4H3;. The van der Waals surface area contributed by atoms with E-state index >= 15 is 0 Å². The fourth-order valence-corrected chi connectivity index (χ4v) is 2.45. The third kappa shape index (κ3) is 2.39.